The number of nitrogens with zero attached hydrogens (tertiary/aromatic N) is 1. The molecule has 0 spiro atoms. The number of hydrogen-bond donors (Lipinski definition) is 1. The van der Waals surface area contributed by atoms with Gasteiger partial charge in [-0.2, -0.15) is 0 Å². The smallest absolute Gasteiger partial charge is 0.266 e. The third-order valence-corrected chi connectivity index (χ3v) is 8.52. The van der Waals surface area contributed by atoms with E-state index in [-0.39, 0.29) is 40.0 Å². The molecular weight excluding hydrogens is 438 g/mol. The first-order chi connectivity index (χ1) is 13.6. The van der Waals surface area contributed by atoms with Crippen molar-refractivity contribution in [3.63, 3.8) is 0 Å². The Morgan fingerprint density at radius 2 is 1.67 bits per heavy atom. The first-order valence-electron chi connectivity index (χ1n) is 9.95. The highest BCUT2D eigenvalue weighted by Gasteiger charge is 2.42. The summed E-state index contributed by atoms with van der Waals surface area (Å²) < 4.78 is 24.1. The standard InChI is InChI=1S/C22H29NO4S3/c1-21(2,3)15-9-13(10-16(18(15)24)22(4,5)6)11-17-19(25)23(20(28)29-17)14-7-8-30(26,27)12-14/h9-11,14,24H,7-8,12H2,1-6H3/b17-11+/t14-/m1/s1. The largest absolute Gasteiger partial charge is 0.507 e. The Bertz CT molecular complexity index is 1010. The summed E-state index contributed by atoms with van der Waals surface area (Å²) in [6.45, 7) is 12.2. The summed E-state index contributed by atoms with van der Waals surface area (Å²) in [5.74, 6) is 0.106. The molecule has 1 amide bonds. The molecule has 5 nitrogen and oxygen atoms in total. The van der Waals surface area contributed by atoms with Gasteiger partial charge in [0.15, 0.2) is 9.84 Å². The fraction of sp³-hybridized carbons (Fsp3) is 0.545. The van der Waals surface area contributed by atoms with Crippen molar-refractivity contribution in [1.82, 2.24) is 4.90 Å². The van der Waals surface area contributed by atoms with Gasteiger partial charge < -0.3 is 5.11 Å². The highest BCUT2D eigenvalue weighted by atomic mass is 32.2. The van der Waals surface area contributed by atoms with Gasteiger partial charge in [-0.05, 0) is 41.0 Å². The van der Waals surface area contributed by atoms with Crippen molar-refractivity contribution in [2.45, 2.75) is 64.8 Å². The Kier molecular flexibility index (Phi) is 5.93. The number of phenolic OH excluding ortho intramolecular Hbond substituents is 1. The number of hydrogen-bond acceptors (Lipinski definition) is 6. The van der Waals surface area contributed by atoms with Crippen LogP contribution < -0.4 is 0 Å². The van der Waals surface area contributed by atoms with E-state index in [2.05, 4.69) is 0 Å². The maximum atomic E-state index is 13.1. The van der Waals surface area contributed by atoms with E-state index in [4.69, 9.17) is 12.2 Å². The van der Waals surface area contributed by atoms with Crippen LogP contribution >= 0.6 is 24.0 Å². The van der Waals surface area contributed by atoms with Gasteiger partial charge in [-0.15, -0.1) is 0 Å². The van der Waals surface area contributed by atoms with E-state index >= 15 is 0 Å². The lowest BCUT2D eigenvalue weighted by molar-refractivity contribution is -0.123. The lowest BCUT2D eigenvalue weighted by atomic mass is 9.78. The molecule has 2 aliphatic rings. The zero-order valence-electron chi connectivity index (χ0n) is 18.3. The topological polar surface area (TPSA) is 74.7 Å². The molecule has 0 radical (unpaired) electrons. The van der Waals surface area contributed by atoms with E-state index < -0.39 is 9.84 Å². The van der Waals surface area contributed by atoms with Crippen molar-refractivity contribution >= 4 is 50.1 Å². The molecule has 164 valence electrons. The summed E-state index contributed by atoms with van der Waals surface area (Å²) >= 11 is 6.61. The highest BCUT2D eigenvalue weighted by molar-refractivity contribution is 8.26. The molecule has 2 heterocycles. The number of thiocarbonyl (C=S) groups is 1. The Morgan fingerprint density at radius 1 is 1.13 bits per heavy atom. The maximum Gasteiger partial charge on any atom is 0.266 e. The van der Waals surface area contributed by atoms with Gasteiger partial charge >= 0.3 is 0 Å². The van der Waals surface area contributed by atoms with Crippen LogP contribution in [0, 0.1) is 0 Å². The fourth-order valence-electron chi connectivity index (χ4n) is 3.81. The second-order valence-electron chi connectivity index (χ2n) is 10.1. The number of sulfone groups is 1. The van der Waals surface area contributed by atoms with Gasteiger partial charge in [-0.1, -0.05) is 65.5 Å². The lowest BCUT2D eigenvalue weighted by Gasteiger charge is -2.28. The molecule has 0 saturated carbocycles. The van der Waals surface area contributed by atoms with Crippen LogP contribution in [0.4, 0.5) is 0 Å². The number of aromatic hydroxyl groups is 1. The molecule has 30 heavy (non-hydrogen) atoms. The second-order valence-corrected chi connectivity index (χ2v) is 14.0. The monoisotopic (exact) mass is 467 g/mol. The summed E-state index contributed by atoms with van der Waals surface area (Å²) in [6, 6.07) is 3.44. The molecule has 8 heteroatoms. The van der Waals surface area contributed by atoms with Gasteiger partial charge in [-0.25, -0.2) is 8.42 Å². The van der Waals surface area contributed by atoms with Crippen LogP contribution in [-0.4, -0.2) is 46.2 Å². The molecule has 1 atom stereocenters. The van der Waals surface area contributed by atoms with Gasteiger partial charge in [0.1, 0.15) is 10.1 Å². The number of phenols is 1. The van der Waals surface area contributed by atoms with E-state index in [1.807, 2.05) is 53.7 Å². The van der Waals surface area contributed by atoms with Gasteiger partial charge in [-0.3, -0.25) is 9.69 Å². The van der Waals surface area contributed by atoms with Crippen molar-refractivity contribution < 1.29 is 18.3 Å². The number of carbonyl (C=O) groups is 1. The molecule has 0 aliphatic carbocycles. The quantitative estimate of drug-likeness (QED) is 0.514. The zero-order valence-corrected chi connectivity index (χ0v) is 20.7. The molecule has 0 bridgehead atoms. The summed E-state index contributed by atoms with van der Waals surface area (Å²) in [6.07, 6.45) is 2.22. The molecular formula is C22H29NO4S3. The number of carbonyl (C=O) groups excluding carboxylic acids is 1. The number of amides is 1. The van der Waals surface area contributed by atoms with Crippen LogP contribution in [0.5, 0.6) is 5.75 Å². The average molecular weight is 468 g/mol. The van der Waals surface area contributed by atoms with Gasteiger partial charge in [0.2, 0.25) is 0 Å². The third kappa shape index (κ3) is 4.60. The van der Waals surface area contributed by atoms with E-state index in [1.54, 1.807) is 6.08 Å². The highest BCUT2D eigenvalue weighted by Crippen LogP contribution is 2.42. The molecule has 1 N–H and O–H groups in total. The van der Waals surface area contributed by atoms with Crippen molar-refractivity contribution in [2.75, 3.05) is 11.5 Å². The van der Waals surface area contributed by atoms with Crippen molar-refractivity contribution in [1.29, 1.82) is 0 Å². The minimum atomic E-state index is -3.11. The molecule has 2 fully saturated rings. The SMILES string of the molecule is CC(C)(C)c1cc(/C=C2/SC(=S)N([C@@H]3CCS(=O)(=O)C3)C2=O)cc(C(C)(C)C)c1O. The molecule has 2 saturated heterocycles. The Morgan fingerprint density at radius 3 is 2.10 bits per heavy atom. The minimum Gasteiger partial charge on any atom is -0.507 e. The Labute approximate surface area is 188 Å². The van der Waals surface area contributed by atoms with Crippen molar-refractivity contribution in [2.24, 2.45) is 0 Å². The van der Waals surface area contributed by atoms with Crippen molar-refractivity contribution in [3.05, 3.63) is 33.7 Å². The fourth-order valence-corrected chi connectivity index (χ4v) is 6.91. The predicted octanol–water partition coefficient (Wildman–Crippen LogP) is 4.38. The summed E-state index contributed by atoms with van der Waals surface area (Å²) in [5.41, 5.74) is 1.91. The van der Waals surface area contributed by atoms with Crippen LogP contribution in [0.3, 0.4) is 0 Å². The summed E-state index contributed by atoms with van der Waals surface area (Å²) in [4.78, 5) is 15.0. The first-order valence-corrected chi connectivity index (χ1v) is 13.0. The third-order valence-electron chi connectivity index (χ3n) is 5.44. The number of thioether (sulfide) groups is 1. The van der Waals surface area contributed by atoms with Gasteiger partial charge in [0, 0.05) is 11.1 Å². The van der Waals surface area contributed by atoms with Crippen LogP contribution in [-0.2, 0) is 25.5 Å². The lowest BCUT2D eigenvalue weighted by Crippen LogP contribution is -2.39. The zero-order chi connectivity index (χ0) is 22.6. The van der Waals surface area contributed by atoms with E-state index in [9.17, 15) is 18.3 Å². The first kappa shape index (κ1) is 23.3. The summed E-state index contributed by atoms with van der Waals surface area (Å²) in [7, 11) is -3.11. The summed E-state index contributed by atoms with van der Waals surface area (Å²) in [5, 5.41) is 10.9. The Hall–Kier alpha value is -1.38. The minimum absolute atomic E-state index is 0.0335. The number of rotatable bonds is 2. The van der Waals surface area contributed by atoms with Crippen molar-refractivity contribution in [3.8, 4) is 5.75 Å². The average Bonchev–Trinajstić information content (AvgIpc) is 3.05. The second kappa shape index (κ2) is 7.64. The molecule has 1 aromatic carbocycles. The van der Waals surface area contributed by atoms with E-state index in [1.165, 1.54) is 16.7 Å². The van der Waals surface area contributed by atoms with Gasteiger partial charge in [0.05, 0.1) is 22.5 Å². The van der Waals surface area contributed by atoms with Gasteiger partial charge in [0.25, 0.3) is 5.91 Å². The molecule has 0 aromatic heterocycles. The number of benzene rings is 1. The van der Waals surface area contributed by atoms with E-state index in [0.29, 0.717) is 15.6 Å². The molecule has 3 rings (SSSR count). The Balaban J connectivity index is 2.03. The van der Waals surface area contributed by atoms with Crippen LogP contribution in [0.1, 0.15) is 64.7 Å². The van der Waals surface area contributed by atoms with E-state index in [0.717, 1.165) is 16.7 Å². The van der Waals surface area contributed by atoms with Crippen LogP contribution in [0.25, 0.3) is 6.08 Å². The normalized spacial score (nSPS) is 23.6. The molecule has 0 unspecified atom stereocenters. The predicted molar refractivity (Wildman–Crippen MR) is 128 cm³/mol. The van der Waals surface area contributed by atoms with Crippen LogP contribution in [0.2, 0.25) is 0 Å². The maximum absolute atomic E-state index is 13.1. The molecule has 1 aromatic rings. The van der Waals surface area contributed by atoms with Crippen LogP contribution in [0.15, 0.2) is 17.0 Å². The molecule has 2 aliphatic heterocycles.